The van der Waals surface area contributed by atoms with Crippen LogP contribution in [-0.2, 0) is 12.5 Å². The van der Waals surface area contributed by atoms with Crippen molar-refractivity contribution >= 4 is 34.2 Å². The minimum atomic E-state index is -0.316. The van der Waals surface area contributed by atoms with Crippen LogP contribution >= 0.6 is 0 Å². The van der Waals surface area contributed by atoms with Gasteiger partial charge in [0.25, 0.3) is 11.8 Å². The number of pyridine rings is 1. The number of carbonyl (C=O) groups excluding carboxylic acids is 2. The van der Waals surface area contributed by atoms with E-state index in [4.69, 9.17) is 0 Å². The minimum Gasteiger partial charge on any atom is -0.320 e. The first-order chi connectivity index (χ1) is 15.6. The van der Waals surface area contributed by atoms with Crippen LogP contribution in [0.4, 0.5) is 11.4 Å². The highest BCUT2D eigenvalue weighted by atomic mass is 16.2. The average Bonchev–Trinajstić information content (AvgIpc) is 3.07. The molecule has 0 atom stereocenters. The molecule has 0 bridgehead atoms. The molecule has 2 N–H and O–H groups in total. The Hall–Kier alpha value is -4.00. The molecule has 0 aliphatic carbocycles. The van der Waals surface area contributed by atoms with Crippen molar-refractivity contribution in [2.75, 3.05) is 10.6 Å². The molecule has 7 nitrogen and oxygen atoms in total. The summed E-state index contributed by atoms with van der Waals surface area (Å²) in [4.78, 5) is 30.1. The molecule has 2 aromatic carbocycles. The molecule has 2 heterocycles. The van der Waals surface area contributed by atoms with Gasteiger partial charge in [0.15, 0.2) is 5.65 Å². The molecule has 0 radical (unpaired) electrons. The molecule has 4 rings (SSSR count). The van der Waals surface area contributed by atoms with E-state index in [-0.39, 0.29) is 17.2 Å². The summed E-state index contributed by atoms with van der Waals surface area (Å²) in [5.74, 6) is -0.560. The molecule has 0 saturated heterocycles. The predicted molar refractivity (Wildman–Crippen MR) is 131 cm³/mol. The third-order valence-corrected chi connectivity index (χ3v) is 5.56. The van der Waals surface area contributed by atoms with E-state index in [2.05, 4.69) is 41.5 Å². The van der Waals surface area contributed by atoms with E-state index in [0.717, 1.165) is 16.6 Å². The van der Waals surface area contributed by atoms with E-state index in [1.807, 2.05) is 38.2 Å². The van der Waals surface area contributed by atoms with Crippen molar-refractivity contribution in [2.24, 2.45) is 7.05 Å². The molecule has 0 saturated carbocycles. The number of aromatic nitrogens is 3. The van der Waals surface area contributed by atoms with E-state index >= 15 is 0 Å². The molecule has 0 spiro atoms. The van der Waals surface area contributed by atoms with Gasteiger partial charge in [-0.25, -0.2) is 4.98 Å². The summed E-state index contributed by atoms with van der Waals surface area (Å²) >= 11 is 0. The summed E-state index contributed by atoms with van der Waals surface area (Å²) in [5, 5.41) is 11.0. The van der Waals surface area contributed by atoms with Gasteiger partial charge >= 0.3 is 0 Å². The molecule has 7 heteroatoms. The lowest BCUT2D eigenvalue weighted by molar-refractivity contribution is 0.101. The van der Waals surface area contributed by atoms with E-state index in [9.17, 15) is 9.59 Å². The highest BCUT2D eigenvalue weighted by molar-refractivity contribution is 6.10. The number of amides is 2. The Morgan fingerprint density at radius 3 is 2.03 bits per heavy atom. The summed E-state index contributed by atoms with van der Waals surface area (Å²) in [6.45, 7) is 8.27. The summed E-state index contributed by atoms with van der Waals surface area (Å²) in [6, 6.07) is 16.4. The number of rotatable bonds is 4. The number of carbonyl (C=O) groups is 2. The van der Waals surface area contributed by atoms with Crippen molar-refractivity contribution in [2.45, 2.75) is 33.1 Å². The van der Waals surface area contributed by atoms with E-state index in [0.29, 0.717) is 28.1 Å². The van der Waals surface area contributed by atoms with Gasteiger partial charge in [0.2, 0.25) is 0 Å². The Morgan fingerprint density at radius 1 is 0.879 bits per heavy atom. The van der Waals surface area contributed by atoms with Gasteiger partial charge in [0.05, 0.1) is 22.6 Å². The van der Waals surface area contributed by atoms with Gasteiger partial charge in [-0.15, -0.1) is 0 Å². The maximum Gasteiger partial charge on any atom is 0.257 e. The van der Waals surface area contributed by atoms with Crippen molar-refractivity contribution in [3.8, 4) is 0 Å². The van der Waals surface area contributed by atoms with Gasteiger partial charge < -0.3 is 10.6 Å². The lowest BCUT2D eigenvalue weighted by Crippen LogP contribution is -2.17. The predicted octanol–water partition coefficient (Wildman–Crippen LogP) is 5.08. The van der Waals surface area contributed by atoms with E-state index in [1.165, 1.54) is 6.20 Å². The standard InChI is InChI=1S/C26H27N5O2/c1-16-20-14-18(15-27-23(20)31(5)30-16)25(33)29-22-9-7-6-8-21(22)28-24(32)17-10-12-19(13-11-17)26(2,3)4/h6-15H,1-5H3,(H,28,32)(H,29,33). The largest absolute Gasteiger partial charge is 0.320 e. The van der Waals surface area contributed by atoms with Crippen molar-refractivity contribution in [1.82, 2.24) is 14.8 Å². The molecule has 33 heavy (non-hydrogen) atoms. The van der Waals surface area contributed by atoms with Crippen LogP contribution in [0.5, 0.6) is 0 Å². The normalized spacial score (nSPS) is 11.4. The van der Waals surface area contributed by atoms with Crippen molar-refractivity contribution < 1.29 is 9.59 Å². The number of aryl methyl sites for hydroxylation is 2. The van der Waals surface area contributed by atoms with Crippen LogP contribution in [-0.4, -0.2) is 26.6 Å². The molecule has 2 amide bonds. The zero-order valence-corrected chi connectivity index (χ0v) is 19.4. The highest BCUT2D eigenvalue weighted by Gasteiger charge is 2.16. The first-order valence-electron chi connectivity index (χ1n) is 10.7. The zero-order chi connectivity index (χ0) is 23.8. The number of hydrogen-bond donors (Lipinski definition) is 2. The minimum absolute atomic E-state index is 0.0120. The fraction of sp³-hybridized carbons (Fsp3) is 0.231. The number of anilines is 2. The fourth-order valence-electron chi connectivity index (χ4n) is 3.64. The van der Waals surface area contributed by atoms with E-state index in [1.54, 1.807) is 35.0 Å². The van der Waals surface area contributed by atoms with Gasteiger partial charge in [-0.3, -0.25) is 14.3 Å². The summed E-state index contributed by atoms with van der Waals surface area (Å²) in [6.07, 6.45) is 1.52. The first kappa shape index (κ1) is 22.2. The van der Waals surface area contributed by atoms with Gasteiger partial charge in [-0.2, -0.15) is 5.10 Å². The molecule has 4 aromatic rings. The molecule has 2 aromatic heterocycles. The van der Waals surface area contributed by atoms with Gasteiger partial charge in [-0.05, 0) is 48.2 Å². The number of hydrogen-bond acceptors (Lipinski definition) is 4. The quantitative estimate of drug-likeness (QED) is 0.462. The van der Waals surface area contributed by atoms with Crippen LogP contribution < -0.4 is 10.6 Å². The number of fused-ring (bicyclic) bond motifs is 1. The molecular weight excluding hydrogens is 414 g/mol. The van der Waals surface area contributed by atoms with Crippen molar-refractivity contribution in [1.29, 1.82) is 0 Å². The third kappa shape index (κ3) is 4.62. The Labute approximate surface area is 192 Å². The number of para-hydroxylation sites is 2. The summed E-state index contributed by atoms with van der Waals surface area (Å²) in [7, 11) is 1.82. The number of benzene rings is 2. The second-order valence-corrected chi connectivity index (χ2v) is 9.09. The average molecular weight is 442 g/mol. The van der Waals surface area contributed by atoms with Gasteiger partial charge in [0, 0.05) is 24.2 Å². The fourth-order valence-corrected chi connectivity index (χ4v) is 3.64. The lowest BCUT2D eigenvalue weighted by atomic mass is 9.87. The molecule has 0 fully saturated rings. The van der Waals surface area contributed by atoms with Gasteiger partial charge in [0.1, 0.15) is 0 Å². The SMILES string of the molecule is Cc1nn(C)c2ncc(C(=O)Nc3ccccc3NC(=O)c3ccc(C(C)(C)C)cc3)cc12. The van der Waals surface area contributed by atoms with Gasteiger partial charge in [-0.1, -0.05) is 45.0 Å². The topological polar surface area (TPSA) is 88.9 Å². The Bertz CT molecular complexity index is 1350. The number of nitrogens with one attached hydrogen (secondary N) is 2. The number of nitrogens with zero attached hydrogens (tertiary/aromatic N) is 3. The second-order valence-electron chi connectivity index (χ2n) is 9.09. The lowest BCUT2D eigenvalue weighted by Gasteiger charge is -2.19. The molecule has 0 aliphatic rings. The van der Waals surface area contributed by atoms with Crippen LogP contribution in [0.3, 0.4) is 0 Å². The van der Waals surface area contributed by atoms with Crippen LogP contribution in [0.25, 0.3) is 11.0 Å². The molecule has 0 unspecified atom stereocenters. The molecular formula is C26H27N5O2. The first-order valence-corrected chi connectivity index (χ1v) is 10.7. The Kier molecular flexibility index (Phi) is 5.72. The van der Waals surface area contributed by atoms with Crippen LogP contribution in [0.1, 0.15) is 52.7 Å². The van der Waals surface area contributed by atoms with Crippen LogP contribution in [0, 0.1) is 6.92 Å². The molecule has 0 aliphatic heterocycles. The monoisotopic (exact) mass is 441 g/mol. The van der Waals surface area contributed by atoms with Crippen molar-refractivity contribution in [3.05, 3.63) is 83.2 Å². The smallest absolute Gasteiger partial charge is 0.257 e. The maximum absolute atomic E-state index is 12.9. The molecule has 168 valence electrons. The summed E-state index contributed by atoms with van der Waals surface area (Å²) in [5.41, 5.74) is 4.67. The van der Waals surface area contributed by atoms with Crippen molar-refractivity contribution in [3.63, 3.8) is 0 Å². The van der Waals surface area contributed by atoms with Crippen LogP contribution in [0.15, 0.2) is 60.8 Å². The second kappa shape index (κ2) is 8.50. The third-order valence-electron chi connectivity index (χ3n) is 5.56. The Morgan fingerprint density at radius 2 is 1.45 bits per heavy atom. The van der Waals surface area contributed by atoms with Crippen LogP contribution in [0.2, 0.25) is 0 Å². The summed E-state index contributed by atoms with van der Waals surface area (Å²) < 4.78 is 1.69. The maximum atomic E-state index is 12.9. The zero-order valence-electron chi connectivity index (χ0n) is 19.4. The highest BCUT2D eigenvalue weighted by Crippen LogP contribution is 2.25. The Balaban J connectivity index is 1.53. The van der Waals surface area contributed by atoms with E-state index < -0.39 is 0 Å².